The molecule has 0 bridgehead atoms. The third-order valence-electron chi connectivity index (χ3n) is 3.66. The van der Waals surface area contributed by atoms with Gasteiger partial charge in [-0.25, -0.2) is 0 Å². The van der Waals surface area contributed by atoms with Crippen molar-refractivity contribution < 1.29 is 28.4 Å². The summed E-state index contributed by atoms with van der Waals surface area (Å²) in [6, 6.07) is 6.36. The topological polar surface area (TPSA) is 116 Å². The van der Waals surface area contributed by atoms with Crippen LogP contribution >= 0.6 is 11.3 Å². The van der Waals surface area contributed by atoms with Crippen LogP contribution in [0.1, 0.15) is 34.3 Å². The number of nitro benzene ring substituents is 1. The Morgan fingerprint density at radius 2 is 1.96 bits per heavy atom. The third kappa shape index (κ3) is 5.68. The monoisotopic (exact) mass is 408 g/mol. The van der Waals surface area contributed by atoms with E-state index in [1.807, 2.05) is 13.0 Å². The van der Waals surface area contributed by atoms with Gasteiger partial charge >= 0.3 is 11.7 Å². The van der Waals surface area contributed by atoms with E-state index in [-0.39, 0.29) is 24.3 Å². The molecule has 28 heavy (non-hydrogen) atoms. The van der Waals surface area contributed by atoms with E-state index in [0.29, 0.717) is 4.88 Å². The lowest BCUT2D eigenvalue weighted by Gasteiger charge is -2.13. The molecule has 8 nitrogen and oxygen atoms in total. The molecule has 0 spiro atoms. The first-order chi connectivity index (χ1) is 13.2. The summed E-state index contributed by atoms with van der Waals surface area (Å²) in [6.07, 6.45) is -1.43. The van der Waals surface area contributed by atoms with Crippen LogP contribution in [-0.2, 0) is 14.3 Å². The number of ether oxygens (including phenoxy) is 1. The molecular formula is C18H17FN2O6S. The lowest BCUT2D eigenvalue weighted by Crippen LogP contribution is -2.30. The van der Waals surface area contributed by atoms with Crippen LogP contribution in [0, 0.1) is 22.9 Å². The summed E-state index contributed by atoms with van der Waals surface area (Å²) in [5.74, 6) is -2.69. The van der Waals surface area contributed by atoms with Gasteiger partial charge in [0.25, 0.3) is 5.91 Å². The van der Waals surface area contributed by atoms with Crippen LogP contribution in [0.25, 0.3) is 0 Å². The molecule has 1 aromatic heterocycles. The zero-order valence-corrected chi connectivity index (χ0v) is 15.9. The highest BCUT2D eigenvalue weighted by molar-refractivity contribution is 7.14. The van der Waals surface area contributed by atoms with Gasteiger partial charge in [-0.3, -0.25) is 24.5 Å². The average molecular weight is 408 g/mol. The number of Topliss-reactive ketones (excluding diaryl/α,β-unsaturated/α-hetero) is 1. The molecule has 0 saturated heterocycles. The largest absolute Gasteiger partial charge is 0.453 e. The standard InChI is InChI=1S/C18H17FN2O6S/c1-10-3-7-16(28-10)15(22)6-8-17(23)27-11(2)18(24)20-12-4-5-13(19)14(9-12)21(25)26/h3-5,7,9,11H,6,8H2,1-2H3,(H,20,24)/t11-/m0/s1. The number of amides is 1. The molecule has 1 N–H and O–H groups in total. The van der Waals surface area contributed by atoms with E-state index in [2.05, 4.69) is 5.32 Å². The third-order valence-corrected chi connectivity index (χ3v) is 4.70. The number of aryl methyl sites for hydroxylation is 1. The molecule has 1 amide bonds. The van der Waals surface area contributed by atoms with E-state index < -0.39 is 34.4 Å². The molecule has 0 fully saturated rings. The Labute approximate surface area is 163 Å². The van der Waals surface area contributed by atoms with Crippen molar-refractivity contribution in [1.29, 1.82) is 0 Å². The maximum atomic E-state index is 13.3. The summed E-state index contributed by atoms with van der Waals surface area (Å²) in [5, 5.41) is 13.0. The fraction of sp³-hybridized carbons (Fsp3) is 0.278. The van der Waals surface area contributed by atoms with Gasteiger partial charge in [-0.15, -0.1) is 11.3 Å². The molecule has 1 atom stereocenters. The molecule has 10 heteroatoms. The SMILES string of the molecule is Cc1ccc(C(=O)CCC(=O)O[C@@H](C)C(=O)Nc2ccc(F)c([N+](=O)[O-])c2)s1. The number of carbonyl (C=O) groups is 3. The maximum absolute atomic E-state index is 13.3. The summed E-state index contributed by atoms with van der Waals surface area (Å²) in [4.78, 5) is 47.2. The van der Waals surface area contributed by atoms with Gasteiger partial charge in [-0.05, 0) is 38.1 Å². The number of nitro groups is 1. The molecule has 1 aromatic carbocycles. The van der Waals surface area contributed by atoms with Crippen LogP contribution in [0.4, 0.5) is 15.8 Å². The Morgan fingerprint density at radius 1 is 1.25 bits per heavy atom. The highest BCUT2D eigenvalue weighted by atomic mass is 32.1. The first kappa shape index (κ1) is 21.2. The van der Waals surface area contributed by atoms with Crippen molar-refractivity contribution in [2.75, 3.05) is 5.32 Å². The van der Waals surface area contributed by atoms with Crippen molar-refractivity contribution in [1.82, 2.24) is 0 Å². The maximum Gasteiger partial charge on any atom is 0.307 e. The number of rotatable bonds is 8. The molecule has 1 heterocycles. The molecule has 0 aliphatic carbocycles. The molecule has 2 aromatic rings. The number of nitrogens with zero attached hydrogens (tertiary/aromatic N) is 1. The van der Waals surface area contributed by atoms with Crippen LogP contribution < -0.4 is 5.32 Å². The fourth-order valence-corrected chi connectivity index (χ4v) is 3.04. The highest BCUT2D eigenvalue weighted by Gasteiger charge is 2.21. The number of hydrogen-bond acceptors (Lipinski definition) is 7. The Balaban J connectivity index is 1.86. The van der Waals surface area contributed by atoms with Crippen molar-refractivity contribution >= 4 is 40.4 Å². The number of anilines is 1. The highest BCUT2D eigenvalue weighted by Crippen LogP contribution is 2.22. The van der Waals surface area contributed by atoms with E-state index in [1.54, 1.807) is 6.07 Å². The van der Waals surface area contributed by atoms with E-state index in [1.165, 1.54) is 18.3 Å². The first-order valence-corrected chi connectivity index (χ1v) is 9.03. The Bertz CT molecular complexity index is 927. The smallest absolute Gasteiger partial charge is 0.307 e. The molecule has 0 aliphatic heterocycles. The quantitative estimate of drug-likeness (QED) is 0.309. The number of esters is 1. The van der Waals surface area contributed by atoms with Crippen LogP contribution in [0.15, 0.2) is 30.3 Å². The second-order valence-corrected chi connectivity index (χ2v) is 7.17. The number of carbonyl (C=O) groups excluding carboxylic acids is 3. The second-order valence-electron chi connectivity index (χ2n) is 5.88. The van der Waals surface area contributed by atoms with E-state index in [4.69, 9.17) is 4.74 Å². The normalized spacial score (nSPS) is 11.5. The minimum absolute atomic E-state index is 0.00996. The molecule has 0 saturated carbocycles. The summed E-state index contributed by atoms with van der Waals surface area (Å²) < 4.78 is 18.3. The molecular weight excluding hydrogens is 391 g/mol. The molecule has 0 radical (unpaired) electrons. The van der Waals surface area contributed by atoms with Gasteiger partial charge in [0.1, 0.15) is 0 Å². The van der Waals surface area contributed by atoms with E-state index in [9.17, 15) is 28.9 Å². The van der Waals surface area contributed by atoms with Gasteiger partial charge in [-0.1, -0.05) is 0 Å². The van der Waals surface area contributed by atoms with Crippen LogP contribution in [0.2, 0.25) is 0 Å². The van der Waals surface area contributed by atoms with E-state index >= 15 is 0 Å². The van der Waals surface area contributed by atoms with Gasteiger partial charge in [-0.2, -0.15) is 4.39 Å². The van der Waals surface area contributed by atoms with Crippen molar-refractivity contribution in [2.45, 2.75) is 32.8 Å². The first-order valence-electron chi connectivity index (χ1n) is 8.21. The lowest BCUT2D eigenvalue weighted by atomic mass is 10.2. The zero-order chi connectivity index (χ0) is 20.8. The lowest BCUT2D eigenvalue weighted by molar-refractivity contribution is -0.387. The van der Waals surface area contributed by atoms with Gasteiger partial charge < -0.3 is 10.1 Å². The van der Waals surface area contributed by atoms with Gasteiger partial charge in [0.2, 0.25) is 5.82 Å². The predicted octanol–water partition coefficient (Wildman–Crippen LogP) is 3.64. The van der Waals surface area contributed by atoms with Crippen LogP contribution in [0.5, 0.6) is 0 Å². The number of ketones is 1. The number of thiophene rings is 1. The minimum atomic E-state index is -1.20. The van der Waals surface area contributed by atoms with Crippen LogP contribution in [0.3, 0.4) is 0 Å². The van der Waals surface area contributed by atoms with Gasteiger partial charge in [0.05, 0.1) is 16.2 Å². The second kappa shape index (κ2) is 9.18. The zero-order valence-electron chi connectivity index (χ0n) is 15.1. The van der Waals surface area contributed by atoms with Crippen molar-refractivity contribution in [3.63, 3.8) is 0 Å². The minimum Gasteiger partial charge on any atom is -0.453 e. The fourth-order valence-electron chi connectivity index (χ4n) is 2.21. The Morgan fingerprint density at radius 3 is 2.57 bits per heavy atom. The summed E-state index contributed by atoms with van der Waals surface area (Å²) >= 11 is 1.33. The number of nitrogens with one attached hydrogen (secondary N) is 1. The molecule has 0 unspecified atom stereocenters. The molecule has 0 aliphatic rings. The van der Waals surface area contributed by atoms with Gasteiger partial charge in [0.15, 0.2) is 11.9 Å². The molecule has 148 valence electrons. The Kier molecular flexibility index (Phi) is 6.94. The summed E-state index contributed by atoms with van der Waals surface area (Å²) in [5.41, 5.74) is -0.797. The number of benzene rings is 1. The van der Waals surface area contributed by atoms with Gasteiger partial charge in [0, 0.05) is 23.1 Å². The summed E-state index contributed by atoms with van der Waals surface area (Å²) in [7, 11) is 0. The predicted molar refractivity (Wildman–Crippen MR) is 99.9 cm³/mol. The summed E-state index contributed by atoms with van der Waals surface area (Å²) in [6.45, 7) is 3.18. The average Bonchev–Trinajstić information content (AvgIpc) is 3.07. The number of hydrogen-bond donors (Lipinski definition) is 1. The Hall–Kier alpha value is -3.14. The van der Waals surface area contributed by atoms with Crippen molar-refractivity contribution in [2.24, 2.45) is 0 Å². The van der Waals surface area contributed by atoms with Crippen LogP contribution in [-0.4, -0.2) is 28.7 Å². The number of halogens is 1. The molecule has 2 rings (SSSR count). The van der Waals surface area contributed by atoms with Crippen molar-refractivity contribution in [3.8, 4) is 0 Å². The van der Waals surface area contributed by atoms with Crippen molar-refractivity contribution in [3.05, 3.63) is 56.0 Å². The van der Waals surface area contributed by atoms with E-state index in [0.717, 1.165) is 23.1 Å².